The Balaban J connectivity index is 1.51. The van der Waals surface area contributed by atoms with Crippen LogP contribution in [-0.4, -0.2) is 34.2 Å². The average molecular weight is 396 g/mol. The van der Waals surface area contributed by atoms with Crippen LogP contribution in [0.4, 0.5) is 8.78 Å². The summed E-state index contributed by atoms with van der Waals surface area (Å²) in [5.41, 5.74) is -0.128. The Kier molecular flexibility index (Phi) is 5.51. The van der Waals surface area contributed by atoms with Gasteiger partial charge in [0.2, 0.25) is 11.8 Å². The summed E-state index contributed by atoms with van der Waals surface area (Å²) < 4.78 is 27.0. The second kappa shape index (κ2) is 7.44. The molecule has 2 aliphatic carbocycles. The summed E-state index contributed by atoms with van der Waals surface area (Å²) in [6.07, 6.45) is 1.36. The van der Waals surface area contributed by atoms with Crippen LogP contribution >= 0.6 is 0 Å². The molecule has 1 aromatic heterocycles. The van der Waals surface area contributed by atoms with Gasteiger partial charge in [0.25, 0.3) is 6.43 Å². The lowest BCUT2D eigenvalue weighted by molar-refractivity contribution is -0.135. The number of nitrogens with one attached hydrogen (secondary N) is 2. The summed E-state index contributed by atoms with van der Waals surface area (Å²) in [5.74, 6) is 0.269. The highest BCUT2D eigenvalue weighted by atomic mass is 19.3. The number of carbonyl (C=O) groups is 2. The van der Waals surface area contributed by atoms with Crippen LogP contribution in [0.3, 0.4) is 0 Å². The van der Waals surface area contributed by atoms with Gasteiger partial charge in [-0.25, -0.2) is 8.78 Å². The van der Waals surface area contributed by atoms with Crippen molar-refractivity contribution in [3.8, 4) is 0 Å². The van der Waals surface area contributed by atoms with Gasteiger partial charge >= 0.3 is 0 Å². The molecular formula is C20H30F2N4O2. The Morgan fingerprint density at radius 2 is 1.96 bits per heavy atom. The molecule has 1 aromatic rings. The van der Waals surface area contributed by atoms with E-state index in [0.29, 0.717) is 18.2 Å². The molecule has 156 valence electrons. The number of aryl methyl sites for hydroxylation is 1. The van der Waals surface area contributed by atoms with Crippen molar-refractivity contribution in [3.05, 3.63) is 17.5 Å². The first-order chi connectivity index (χ1) is 13.1. The van der Waals surface area contributed by atoms with Crippen LogP contribution in [0.2, 0.25) is 0 Å². The Morgan fingerprint density at radius 1 is 1.32 bits per heavy atom. The van der Waals surface area contributed by atoms with Crippen LogP contribution in [0, 0.1) is 23.7 Å². The SMILES string of the molecule is Cc1cc(C(F)F)n(CC(=O)NC(C)CNC(=O)C23CCC(CC2)C3(C)C)n1. The number of hydrogen-bond donors (Lipinski definition) is 2. The smallest absolute Gasteiger partial charge is 0.280 e. The molecule has 2 saturated carbocycles. The van der Waals surface area contributed by atoms with Crippen molar-refractivity contribution in [2.75, 3.05) is 6.54 Å². The fraction of sp³-hybridized carbons (Fsp3) is 0.750. The van der Waals surface area contributed by atoms with Crippen molar-refractivity contribution in [3.63, 3.8) is 0 Å². The fourth-order valence-corrected chi connectivity index (χ4v) is 5.18. The zero-order chi connectivity index (χ0) is 20.7. The second-order valence-electron chi connectivity index (χ2n) is 8.93. The van der Waals surface area contributed by atoms with Gasteiger partial charge in [0.15, 0.2) is 0 Å². The third-order valence-electron chi connectivity index (χ3n) is 6.95. The Hall–Kier alpha value is -1.99. The number of fused-ring (bicyclic) bond motifs is 2. The summed E-state index contributed by atoms with van der Waals surface area (Å²) in [6, 6.07) is 0.972. The van der Waals surface area contributed by atoms with Gasteiger partial charge in [0.05, 0.1) is 11.1 Å². The van der Waals surface area contributed by atoms with Crippen LogP contribution in [0.5, 0.6) is 0 Å². The first kappa shape index (κ1) is 20.7. The zero-order valence-electron chi connectivity index (χ0n) is 17.0. The van der Waals surface area contributed by atoms with E-state index >= 15 is 0 Å². The highest BCUT2D eigenvalue weighted by molar-refractivity contribution is 5.84. The van der Waals surface area contributed by atoms with Gasteiger partial charge in [-0.15, -0.1) is 0 Å². The third-order valence-corrected chi connectivity index (χ3v) is 6.95. The van der Waals surface area contributed by atoms with E-state index < -0.39 is 12.3 Å². The number of hydrogen-bond acceptors (Lipinski definition) is 3. The predicted molar refractivity (Wildman–Crippen MR) is 101 cm³/mol. The number of alkyl halides is 2. The monoisotopic (exact) mass is 396 g/mol. The number of aromatic nitrogens is 2. The van der Waals surface area contributed by atoms with Crippen LogP contribution in [0.25, 0.3) is 0 Å². The van der Waals surface area contributed by atoms with Crippen LogP contribution < -0.4 is 10.6 Å². The largest absolute Gasteiger partial charge is 0.354 e. The molecule has 2 bridgehead atoms. The minimum atomic E-state index is -2.69. The maximum Gasteiger partial charge on any atom is 0.280 e. The van der Waals surface area contributed by atoms with E-state index in [1.165, 1.54) is 6.07 Å². The molecule has 1 unspecified atom stereocenters. The maximum atomic E-state index is 13.0. The number of rotatable bonds is 7. The molecule has 1 heterocycles. The normalized spacial score (nSPS) is 26.5. The van der Waals surface area contributed by atoms with Gasteiger partial charge in [0.1, 0.15) is 12.2 Å². The predicted octanol–water partition coefficient (Wildman–Crippen LogP) is 2.97. The number of carbonyl (C=O) groups excluding carboxylic acids is 2. The molecule has 8 heteroatoms. The van der Waals surface area contributed by atoms with Gasteiger partial charge in [0, 0.05) is 12.6 Å². The van der Waals surface area contributed by atoms with E-state index in [9.17, 15) is 18.4 Å². The molecule has 1 atom stereocenters. The third kappa shape index (κ3) is 3.53. The quantitative estimate of drug-likeness (QED) is 0.744. The van der Waals surface area contributed by atoms with E-state index in [0.717, 1.165) is 30.4 Å². The number of amides is 2. The summed E-state index contributed by atoms with van der Waals surface area (Å²) >= 11 is 0. The lowest BCUT2D eigenvalue weighted by atomic mass is 9.68. The first-order valence-corrected chi connectivity index (χ1v) is 9.97. The average Bonchev–Trinajstić information content (AvgIpc) is 3.19. The molecule has 0 spiro atoms. The highest BCUT2D eigenvalue weighted by Gasteiger charge is 2.62. The minimum Gasteiger partial charge on any atom is -0.354 e. The van der Waals surface area contributed by atoms with E-state index in [1.54, 1.807) is 13.8 Å². The Labute approximate surface area is 164 Å². The number of nitrogens with zero attached hydrogens (tertiary/aromatic N) is 2. The molecular weight excluding hydrogens is 366 g/mol. The molecule has 0 radical (unpaired) electrons. The van der Waals surface area contributed by atoms with Gasteiger partial charge < -0.3 is 10.6 Å². The lowest BCUT2D eigenvalue weighted by Gasteiger charge is -2.36. The van der Waals surface area contributed by atoms with Gasteiger partial charge in [-0.2, -0.15) is 5.10 Å². The zero-order valence-corrected chi connectivity index (χ0v) is 17.0. The molecule has 2 aliphatic rings. The van der Waals surface area contributed by atoms with Crippen molar-refractivity contribution in [2.24, 2.45) is 16.7 Å². The maximum absolute atomic E-state index is 13.0. The molecule has 0 saturated heterocycles. The van der Waals surface area contributed by atoms with Crippen molar-refractivity contribution in [2.45, 2.75) is 72.4 Å². The van der Waals surface area contributed by atoms with Crippen molar-refractivity contribution >= 4 is 11.8 Å². The molecule has 2 fully saturated rings. The Bertz CT molecular complexity index is 751. The second-order valence-corrected chi connectivity index (χ2v) is 8.93. The molecule has 0 aliphatic heterocycles. The molecule has 2 N–H and O–H groups in total. The van der Waals surface area contributed by atoms with Crippen molar-refractivity contribution < 1.29 is 18.4 Å². The Morgan fingerprint density at radius 3 is 2.50 bits per heavy atom. The van der Waals surface area contributed by atoms with Gasteiger partial charge in [-0.1, -0.05) is 13.8 Å². The molecule has 28 heavy (non-hydrogen) atoms. The van der Waals surface area contributed by atoms with E-state index in [4.69, 9.17) is 0 Å². The van der Waals surface area contributed by atoms with Gasteiger partial charge in [-0.05, 0) is 56.9 Å². The lowest BCUT2D eigenvalue weighted by Crippen LogP contribution is -2.50. The standard InChI is InChI=1S/C20H30F2N4O2/c1-12-9-15(17(21)22)26(25-12)11-16(27)24-13(2)10-23-18(28)20-7-5-14(6-8-20)19(20,3)4/h9,13-14,17H,5-8,10-11H2,1-4H3,(H,23,28)(H,24,27). The summed E-state index contributed by atoms with van der Waals surface area (Å²) in [7, 11) is 0. The first-order valence-electron chi connectivity index (χ1n) is 9.97. The van der Waals surface area contributed by atoms with E-state index in [-0.39, 0.29) is 35.0 Å². The molecule has 2 amide bonds. The van der Waals surface area contributed by atoms with E-state index in [1.807, 2.05) is 0 Å². The molecule has 3 rings (SSSR count). The van der Waals surface area contributed by atoms with Crippen molar-refractivity contribution in [1.82, 2.24) is 20.4 Å². The fourth-order valence-electron chi connectivity index (χ4n) is 5.18. The van der Waals surface area contributed by atoms with E-state index in [2.05, 4.69) is 29.6 Å². The topological polar surface area (TPSA) is 76.0 Å². The summed E-state index contributed by atoms with van der Waals surface area (Å²) in [4.78, 5) is 25.1. The molecule has 0 aromatic carbocycles. The van der Waals surface area contributed by atoms with Crippen LogP contribution in [0.15, 0.2) is 6.07 Å². The molecule has 6 nitrogen and oxygen atoms in total. The van der Waals surface area contributed by atoms with Gasteiger partial charge in [-0.3, -0.25) is 14.3 Å². The summed E-state index contributed by atoms with van der Waals surface area (Å²) in [5, 5.41) is 9.71. The highest BCUT2D eigenvalue weighted by Crippen LogP contribution is 2.65. The number of halogens is 2. The van der Waals surface area contributed by atoms with Crippen LogP contribution in [-0.2, 0) is 16.1 Å². The minimum absolute atomic E-state index is 0.00714. The van der Waals surface area contributed by atoms with Crippen LogP contribution in [0.1, 0.15) is 64.3 Å². The summed E-state index contributed by atoms with van der Waals surface area (Å²) in [6.45, 7) is 7.81. The van der Waals surface area contributed by atoms with Crippen molar-refractivity contribution in [1.29, 1.82) is 0 Å².